The van der Waals surface area contributed by atoms with Crippen LogP contribution < -0.4 is 14.8 Å². The van der Waals surface area contributed by atoms with Crippen molar-refractivity contribution in [3.8, 4) is 11.5 Å². The molecule has 2 aromatic rings. The number of halogens is 1. The maximum absolute atomic E-state index is 12.3. The van der Waals surface area contributed by atoms with E-state index in [0.717, 1.165) is 10.0 Å². The number of amides is 1. The minimum Gasteiger partial charge on any atom is -0.486 e. The maximum Gasteiger partial charge on any atom is 0.220 e. The number of ether oxygens (including phenoxy) is 2. The Morgan fingerprint density at radius 3 is 2.46 bits per heavy atom. The number of ketones is 1. The SMILES string of the molecule is CC(NC(=O)CCC(=O)c1ccc2c(c1)OCCO2)c1ccc(Br)cc1. The van der Waals surface area contributed by atoms with Gasteiger partial charge >= 0.3 is 0 Å². The van der Waals surface area contributed by atoms with E-state index in [0.29, 0.717) is 30.3 Å². The number of Topliss-reactive ketones (excluding diaryl/α,β-unsaturated/α-hetero) is 1. The van der Waals surface area contributed by atoms with Gasteiger partial charge in [-0.2, -0.15) is 0 Å². The van der Waals surface area contributed by atoms with Crippen molar-refractivity contribution >= 4 is 27.6 Å². The van der Waals surface area contributed by atoms with E-state index in [2.05, 4.69) is 21.2 Å². The molecule has 26 heavy (non-hydrogen) atoms. The molecule has 0 saturated heterocycles. The standard InChI is InChI=1S/C20H20BrNO4/c1-13(14-2-5-16(21)6-3-14)22-20(24)9-7-17(23)15-4-8-18-19(12-15)26-11-10-25-18/h2-6,8,12-13H,7,9-11H2,1H3,(H,22,24). The molecule has 1 aliphatic heterocycles. The Kier molecular flexibility index (Phi) is 5.93. The van der Waals surface area contributed by atoms with Crippen LogP contribution in [-0.4, -0.2) is 24.9 Å². The van der Waals surface area contributed by atoms with Crippen molar-refractivity contribution < 1.29 is 19.1 Å². The Morgan fingerprint density at radius 2 is 1.73 bits per heavy atom. The quantitative estimate of drug-likeness (QED) is 0.719. The molecule has 1 amide bonds. The molecule has 0 fully saturated rings. The van der Waals surface area contributed by atoms with E-state index in [4.69, 9.17) is 9.47 Å². The summed E-state index contributed by atoms with van der Waals surface area (Å²) in [4.78, 5) is 24.5. The van der Waals surface area contributed by atoms with E-state index < -0.39 is 0 Å². The van der Waals surface area contributed by atoms with Crippen LogP contribution in [0.4, 0.5) is 0 Å². The third-order valence-corrected chi connectivity index (χ3v) is 4.72. The number of carbonyl (C=O) groups is 2. The van der Waals surface area contributed by atoms with Gasteiger partial charge in [-0.1, -0.05) is 28.1 Å². The van der Waals surface area contributed by atoms with Gasteiger partial charge in [0.1, 0.15) is 13.2 Å². The Hall–Kier alpha value is -2.34. The first-order valence-corrected chi connectivity index (χ1v) is 9.30. The van der Waals surface area contributed by atoms with E-state index in [1.54, 1.807) is 18.2 Å². The van der Waals surface area contributed by atoms with Crippen molar-refractivity contribution in [2.75, 3.05) is 13.2 Å². The molecule has 1 unspecified atom stereocenters. The van der Waals surface area contributed by atoms with Gasteiger partial charge in [0.15, 0.2) is 17.3 Å². The van der Waals surface area contributed by atoms with E-state index in [1.165, 1.54) is 0 Å². The highest BCUT2D eigenvalue weighted by Gasteiger charge is 2.16. The number of hydrogen-bond acceptors (Lipinski definition) is 4. The Labute approximate surface area is 160 Å². The minimum atomic E-state index is -0.147. The molecule has 6 heteroatoms. The van der Waals surface area contributed by atoms with Crippen molar-refractivity contribution in [1.29, 1.82) is 0 Å². The summed E-state index contributed by atoms with van der Waals surface area (Å²) in [6, 6.07) is 12.8. The van der Waals surface area contributed by atoms with Crippen LogP contribution in [0.25, 0.3) is 0 Å². The topological polar surface area (TPSA) is 64.6 Å². The van der Waals surface area contributed by atoms with Crippen molar-refractivity contribution in [3.63, 3.8) is 0 Å². The van der Waals surface area contributed by atoms with Crippen LogP contribution in [0, 0.1) is 0 Å². The van der Waals surface area contributed by atoms with Gasteiger partial charge in [0.05, 0.1) is 6.04 Å². The molecule has 0 spiro atoms. The summed E-state index contributed by atoms with van der Waals surface area (Å²) in [5.41, 5.74) is 1.54. The van der Waals surface area contributed by atoms with Crippen LogP contribution in [-0.2, 0) is 4.79 Å². The van der Waals surface area contributed by atoms with Gasteiger partial charge in [0.2, 0.25) is 5.91 Å². The molecule has 0 aliphatic carbocycles. The summed E-state index contributed by atoms with van der Waals surface area (Å²) in [6.07, 6.45) is 0.298. The van der Waals surface area contributed by atoms with Crippen molar-refractivity contribution in [2.45, 2.75) is 25.8 Å². The first-order valence-electron chi connectivity index (χ1n) is 8.50. The second-order valence-electron chi connectivity index (χ2n) is 6.12. The first kappa shape index (κ1) is 18.5. The molecule has 2 aromatic carbocycles. The molecule has 136 valence electrons. The summed E-state index contributed by atoms with van der Waals surface area (Å²) < 4.78 is 11.9. The molecular weight excluding hydrogens is 398 g/mol. The predicted octanol–water partition coefficient (Wildman–Crippen LogP) is 4.06. The molecule has 0 saturated carbocycles. The summed E-state index contributed by atoms with van der Waals surface area (Å²) >= 11 is 3.39. The van der Waals surface area contributed by atoms with E-state index in [1.807, 2.05) is 31.2 Å². The predicted molar refractivity (Wildman–Crippen MR) is 102 cm³/mol. The number of rotatable bonds is 6. The molecule has 1 aliphatic rings. The zero-order valence-electron chi connectivity index (χ0n) is 14.5. The lowest BCUT2D eigenvalue weighted by atomic mass is 10.0. The summed E-state index contributed by atoms with van der Waals surface area (Å²) in [5, 5.41) is 2.92. The van der Waals surface area contributed by atoms with Gasteiger partial charge in [-0.3, -0.25) is 9.59 Å². The molecule has 0 aromatic heterocycles. The normalized spacial score (nSPS) is 13.8. The van der Waals surface area contributed by atoms with E-state index in [9.17, 15) is 9.59 Å². The third-order valence-electron chi connectivity index (χ3n) is 4.19. The average Bonchev–Trinajstić information content (AvgIpc) is 2.66. The summed E-state index contributed by atoms with van der Waals surface area (Å²) in [6.45, 7) is 2.90. The molecule has 0 bridgehead atoms. The van der Waals surface area contributed by atoms with Gasteiger partial charge < -0.3 is 14.8 Å². The number of hydrogen-bond donors (Lipinski definition) is 1. The smallest absolute Gasteiger partial charge is 0.220 e. The highest BCUT2D eigenvalue weighted by molar-refractivity contribution is 9.10. The van der Waals surface area contributed by atoms with Crippen molar-refractivity contribution in [3.05, 3.63) is 58.1 Å². The number of benzene rings is 2. The highest BCUT2D eigenvalue weighted by Crippen LogP contribution is 2.31. The largest absolute Gasteiger partial charge is 0.486 e. The first-order chi connectivity index (χ1) is 12.5. The average molecular weight is 418 g/mol. The zero-order chi connectivity index (χ0) is 18.5. The van der Waals surface area contributed by atoms with Gasteiger partial charge in [-0.25, -0.2) is 0 Å². The van der Waals surface area contributed by atoms with E-state index in [-0.39, 0.29) is 30.6 Å². The Balaban J connectivity index is 1.52. The fourth-order valence-electron chi connectivity index (χ4n) is 2.74. The van der Waals surface area contributed by atoms with Crippen LogP contribution in [0.15, 0.2) is 46.9 Å². The monoisotopic (exact) mass is 417 g/mol. The summed E-state index contributed by atoms with van der Waals surface area (Å²) in [5.74, 6) is 0.990. The van der Waals surface area contributed by atoms with Gasteiger partial charge in [-0.05, 0) is 42.8 Å². The molecule has 5 nitrogen and oxygen atoms in total. The van der Waals surface area contributed by atoms with E-state index >= 15 is 0 Å². The lowest BCUT2D eigenvalue weighted by molar-refractivity contribution is -0.121. The molecule has 1 heterocycles. The van der Waals surface area contributed by atoms with Gasteiger partial charge in [-0.15, -0.1) is 0 Å². The minimum absolute atomic E-state index is 0.0894. The fourth-order valence-corrected chi connectivity index (χ4v) is 3.00. The van der Waals surface area contributed by atoms with Crippen LogP contribution >= 0.6 is 15.9 Å². The highest BCUT2D eigenvalue weighted by atomic mass is 79.9. The van der Waals surface area contributed by atoms with Crippen molar-refractivity contribution in [2.24, 2.45) is 0 Å². The molecular formula is C20H20BrNO4. The van der Waals surface area contributed by atoms with Gasteiger partial charge in [0.25, 0.3) is 0 Å². The Bertz CT molecular complexity index is 804. The lowest BCUT2D eigenvalue weighted by Crippen LogP contribution is -2.27. The Morgan fingerprint density at radius 1 is 1.04 bits per heavy atom. The molecule has 0 radical (unpaired) electrons. The molecule has 3 rings (SSSR count). The van der Waals surface area contributed by atoms with Crippen molar-refractivity contribution in [1.82, 2.24) is 5.32 Å². The second kappa shape index (κ2) is 8.36. The van der Waals surface area contributed by atoms with Crippen LogP contribution in [0.3, 0.4) is 0 Å². The van der Waals surface area contributed by atoms with Crippen LogP contribution in [0.2, 0.25) is 0 Å². The third kappa shape index (κ3) is 4.64. The fraction of sp³-hybridized carbons (Fsp3) is 0.300. The van der Waals surface area contributed by atoms with Crippen LogP contribution in [0.5, 0.6) is 11.5 Å². The number of nitrogens with one attached hydrogen (secondary N) is 1. The summed E-state index contributed by atoms with van der Waals surface area (Å²) in [7, 11) is 0. The lowest BCUT2D eigenvalue weighted by Gasteiger charge is -2.18. The number of carbonyl (C=O) groups excluding carboxylic acids is 2. The molecule has 1 N–H and O–H groups in total. The van der Waals surface area contributed by atoms with Gasteiger partial charge in [0, 0.05) is 22.9 Å². The maximum atomic E-state index is 12.3. The zero-order valence-corrected chi connectivity index (χ0v) is 16.0. The second-order valence-corrected chi connectivity index (χ2v) is 7.04. The van der Waals surface area contributed by atoms with Crippen LogP contribution in [0.1, 0.15) is 41.7 Å². The number of fused-ring (bicyclic) bond motifs is 1. The molecule has 1 atom stereocenters.